The number of pyridine rings is 1. The number of phenolic OH excluding ortho intramolecular Hbond substituents is 1. The van der Waals surface area contributed by atoms with Gasteiger partial charge in [0, 0.05) is 17.9 Å². The Morgan fingerprint density at radius 1 is 1.10 bits per heavy atom. The number of H-pyrrole nitrogens is 1. The summed E-state index contributed by atoms with van der Waals surface area (Å²) < 4.78 is 0. The average molecular weight is 398 g/mol. The Balaban J connectivity index is 0.00000100. The van der Waals surface area contributed by atoms with E-state index in [2.05, 4.69) is 21.9 Å². The number of anilines is 1. The molecule has 0 spiro atoms. The number of aromatic amines is 1. The molecule has 0 radical (unpaired) electrons. The molecule has 1 amide bonds. The average Bonchev–Trinajstić information content (AvgIpc) is 3.16. The van der Waals surface area contributed by atoms with Crippen LogP contribution < -0.4 is 5.32 Å². The molecule has 29 heavy (non-hydrogen) atoms. The molecule has 0 unspecified atom stereocenters. The normalized spacial score (nSPS) is 8.90. The summed E-state index contributed by atoms with van der Waals surface area (Å²) in [5, 5.41) is 12.7. The van der Waals surface area contributed by atoms with Gasteiger partial charge in [-0.2, -0.15) is 0 Å². The summed E-state index contributed by atoms with van der Waals surface area (Å²) in [6.07, 6.45) is 3.31. The van der Waals surface area contributed by atoms with Gasteiger partial charge in [-0.3, -0.25) is 9.59 Å². The Morgan fingerprint density at radius 2 is 1.66 bits per heavy atom. The van der Waals surface area contributed by atoms with Crippen LogP contribution in [0.5, 0.6) is 5.75 Å². The minimum absolute atomic E-state index is 0.0640. The first kappa shape index (κ1) is 25.6. The number of ketones is 1. The van der Waals surface area contributed by atoms with Crippen LogP contribution in [0.1, 0.15) is 62.4 Å². The van der Waals surface area contributed by atoms with Crippen LogP contribution >= 0.6 is 0 Å². The van der Waals surface area contributed by atoms with E-state index in [1.807, 2.05) is 34.6 Å². The minimum atomic E-state index is -0.325. The van der Waals surface area contributed by atoms with E-state index < -0.39 is 0 Å². The van der Waals surface area contributed by atoms with Crippen LogP contribution in [0.2, 0.25) is 0 Å². The first-order valence-corrected chi connectivity index (χ1v) is 9.61. The van der Waals surface area contributed by atoms with Gasteiger partial charge in [0.2, 0.25) is 0 Å². The van der Waals surface area contributed by atoms with Crippen molar-refractivity contribution in [2.45, 2.75) is 41.5 Å². The molecule has 3 aromatic rings. The third kappa shape index (κ3) is 8.01. The first-order chi connectivity index (χ1) is 13.9. The number of hydrogen-bond acceptors (Lipinski definition) is 4. The summed E-state index contributed by atoms with van der Waals surface area (Å²) in [5.74, 6) is 0.0971. The summed E-state index contributed by atoms with van der Waals surface area (Å²) in [7, 11) is 0. The number of carbonyl (C=O) groups is 2. The summed E-state index contributed by atoms with van der Waals surface area (Å²) in [6, 6.07) is 9.33. The van der Waals surface area contributed by atoms with Crippen molar-refractivity contribution in [1.29, 1.82) is 0 Å². The maximum Gasteiger partial charge on any atom is 0.256 e. The lowest BCUT2D eigenvalue weighted by Gasteiger charge is -2.04. The lowest BCUT2D eigenvalue weighted by atomic mass is 10.2. The maximum atomic E-state index is 12.1. The van der Waals surface area contributed by atoms with E-state index >= 15 is 0 Å². The molecule has 2 aromatic heterocycles. The van der Waals surface area contributed by atoms with Gasteiger partial charge in [0.05, 0.1) is 17.4 Å². The zero-order valence-electron chi connectivity index (χ0n) is 18.0. The standard InChI is InChI=1S/C16H13N3O3.C3H6.2C2H6/c1-9(20)13-6-11-7-15(17-8-14(11)18-13)19-16(22)10-2-4-12(21)5-3-10;1-3-2;2*1-2/h2-8,18,21H,1H3,(H,17,19,22);3H,1H2,2H3;2*1-2H3. The summed E-state index contributed by atoms with van der Waals surface area (Å²) in [5.41, 5.74) is 1.64. The second-order valence-corrected chi connectivity index (χ2v) is 5.31. The molecule has 6 heteroatoms. The minimum Gasteiger partial charge on any atom is -0.508 e. The lowest BCUT2D eigenvalue weighted by Crippen LogP contribution is -2.12. The Kier molecular flexibility index (Phi) is 12.1. The van der Waals surface area contributed by atoms with E-state index in [1.165, 1.54) is 31.2 Å². The number of benzene rings is 1. The van der Waals surface area contributed by atoms with Gasteiger partial charge >= 0.3 is 0 Å². The molecule has 1 aromatic carbocycles. The number of nitrogens with one attached hydrogen (secondary N) is 2. The van der Waals surface area contributed by atoms with Gasteiger partial charge in [-0.1, -0.05) is 33.8 Å². The molecule has 0 atom stereocenters. The van der Waals surface area contributed by atoms with Crippen LogP contribution in [-0.4, -0.2) is 26.8 Å². The molecule has 3 rings (SSSR count). The number of carbonyl (C=O) groups excluding carboxylic acids is 2. The number of allylic oxidation sites excluding steroid dienone is 1. The number of nitrogens with zero attached hydrogens (tertiary/aromatic N) is 1. The number of aromatic hydroxyl groups is 1. The highest BCUT2D eigenvalue weighted by Gasteiger charge is 2.09. The van der Waals surface area contributed by atoms with E-state index in [1.54, 1.807) is 24.4 Å². The molecular weight excluding hydrogens is 366 g/mol. The van der Waals surface area contributed by atoms with Crippen LogP contribution in [-0.2, 0) is 0 Å². The van der Waals surface area contributed by atoms with Crippen LogP contribution in [0.4, 0.5) is 5.82 Å². The van der Waals surface area contributed by atoms with Crippen molar-refractivity contribution >= 4 is 28.4 Å². The molecule has 0 aliphatic heterocycles. The predicted octanol–water partition coefficient (Wildman–Crippen LogP) is 5.97. The smallest absolute Gasteiger partial charge is 0.256 e. The van der Waals surface area contributed by atoms with Crippen LogP contribution in [0, 0.1) is 0 Å². The van der Waals surface area contributed by atoms with Crippen molar-refractivity contribution in [2.75, 3.05) is 5.32 Å². The maximum absolute atomic E-state index is 12.1. The van der Waals surface area contributed by atoms with Gasteiger partial charge in [0.1, 0.15) is 11.6 Å². The van der Waals surface area contributed by atoms with Gasteiger partial charge in [-0.15, -0.1) is 6.58 Å². The van der Waals surface area contributed by atoms with E-state index in [-0.39, 0.29) is 17.4 Å². The SMILES string of the molecule is C=CC.CC.CC.CC(=O)c1cc2cc(NC(=O)c3ccc(O)cc3)ncc2[nH]1. The van der Waals surface area contributed by atoms with Crippen molar-refractivity contribution in [3.8, 4) is 5.75 Å². The Bertz CT molecular complexity index is 913. The predicted molar refractivity (Wildman–Crippen MR) is 121 cm³/mol. The van der Waals surface area contributed by atoms with E-state index in [0.29, 0.717) is 17.1 Å². The second kappa shape index (κ2) is 13.7. The van der Waals surface area contributed by atoms with E-state index in [4.69, 9.17) is 0 Å². The molecule has 0 aliphatic rings. The van der Waals surface area contributed by atoms with Gasteiger partial charge in [-0.25, -0.2) is 4.98 Å². The highest BCUT2D eigenvalue weighted by atomic mass is 16.3. The van der Waals surface area contributed by atoms with E-state index in [0.717, 1.165) is 10.9 Å². The monoisotopic (exact) mass is 397 g/mol. The fourth-order valence-electron chi connectivity index (χ4n) is 2.09. The first-order valence-electron chi connectivity index (χ1n) is 9.61. The highest BCUT2D eigenvalue weighted by molar-refractivity contribution is 6.05. The molecular formula is C23H31N3O3. The van der Waals surface area contributed by atoms with Crippen LogP contribution in [0.25, 0.3) is 10.9 Å². The van der Waals surface area contributed by atoms with Crippen molar-refractivity contribution in [2.24, 2.45) is 0 Å². The van der Waals surface area contributed by atoms with Crippen LogP contribution in [0.15, 0.2) is 55.3 Å². The molecule has 0 fully saturated rings. The molecule has 0 aliphatic carbocycles. The van der Waals surface area contributed by atoms with Gasteiger partial charge < -0.3 is 15.4 Å². The number of hydrogen-bond donors (Lipinski definition) is 3. The van der Waals surface area contributed by atoms with Gasteiger partial charge in [-0.05, 0) is 43.3 Å². The Labute approximate surface area is 172 Å². The van der Waals surface area contributed by atoms with Crippen LogP contribution in [0.3, 0.4) is 0 Å². The molecule has 2 heterocycles. The molecule has 6 nitrogen and oxygen atoms in total. The highest BCUT2D eigenvalue weighted by Crippen LogP contribution is 2.19. The summed E-state index contributed by atoms with van der Waals surface area (Å²) >= 11 is 0. The number of amides is 1. The molecule has 3 N–H and O–H groups in total. The quantitative estimate of drug-likeness (QED) is 0.375. The Morgan fingerprint density at radius 3 is 2.17 bits per heavy atom. The Hall–Kier alpha value is -3.41. The molecule has 156 valence electrons. The van der Waals surface area contributed by atoms with Crippen molar-refractivity contribution < 1.29 is 14.7 Å². The fraction of sp³-hybridized carbons (Fsp3) is 0.261. The largest absolute Gasteiger partial charge is 0.508 e. The number of phenols is 1. The van der Waals surface area contributed by atoms with Gasteiger partial charge in [0.25, 0.3) is 5.91 Å². The van der Waals surface area contributed by atoms with E-state index in [9.17, 15) is 14.7 Å². The zero-order valence-corrected chi connectivity index (χ0v) is 18.0. The summed E-state index contributed by atoms with van der Waals surface area (Å²) in [4.78, 5) is 30.5. The number of fused-ring (bicyclic) bond motifs is 1. The number of aromatic nitrogens is 2. The summed E-state index contributed by atoms with van der Waals surface area (Å²) in [6.45, 7) is 14.7. The fourth-order valence-corrected chi connectivity index (χ4v) is 2.09. The number of rotatable bonds is 3. The lowest BCUT2D eigenvalue weighted by molar-refractivity contribution is 0.101. The topological polar surface area (TPSA) is 95.1 Å². The van der Waals surface area contributed by atoms with Crippen molar-refractivity contribution in [3.63, 3.8) is 0 Å². The third-order valence-electron chi connectivity index (χ3n) is 3.26. The second-order valence-electron chi connectivity index (χ2n) is 5.31. The molecule has 0 saturated heterocycles. The molecule has 0 saturated carbocycles. The van der Waals surface area contributed by atoms with Crippen molar-refractivity contribution in [1.82, 2.24) is 9.97 Å². The van der Waals surface area contributed by atoms with Crippen molar-refractivity contribution in [3.05, 3.63) is 66.5 Å². The zero-order chi connectivity index (χ0) is 22.4. The molecule has 0 bridgehead atoms. The third-order valence-corrected chi connectivity index (χ3v) is 3.26. The van der Waals surface area contributed by atoms with Gasteiger partial charge in [0.15, 0.2) is 5.78 Å². The number of Topliss-reactive ketones (excluding diaryl/α,β-unsaturated/α-hetero) is 1.